The third-order valence-electron chi connectivity index (χ3n) is 2.26. The third kappa shape index (κ3) is 1.30. The van der Waals surface area contributed by atoms with Crippen LogP contribution in [0.4, 0.5) is 17.6 Å². The number of rotatable bonds is 0. The summed E-state index contributed by atoms with van der Waals surface area (Å²) in [6.45, 7) is 1.57. The maximum absolute atomic E-state index is 13.3. The zero-order valence-corrected chi connectivity index (χ0v) is 7.74. The van der Waals surface area contributed by atoms with E-state index in [9.17, 15) is 17.6 Å². The van der Waals surface area contributed by atoms with Gasteiger partial charge in [0.05, 0.1) is 0 Å². The van der Waals surface area contributed by atoms with Gasteiger partial charge in [0.15, 0.2) is 0 Å². The van der Waals surface area contributed by atoms with Crippen LogP contribution < -0.4 is 0 Å². The van der Waals surface area contributed by atoms with Crippen molar-refractivity contribution in [1.29, 1.82) is 0 Å². The number of halogens is 4. The first-order valence-electron chi connectivity index (χ1n) is 4.24. The average Bonchev–Trinajstić information content (AvgIpc) is 2.14. The lowest BCUT2D eigenvalue weighted by atomic mass is 9.92. The lowest BCUT2D eigenvalue weighted by molar-refractivity contribution is -0.181. The SMILES string of the molecule is Cc1ccc2c(c1)C(F)(F)C(F)(F)C#C2. The zero-order valence-electron chi connectivity index (χ0n) is 7.74. The summed E-state index contributed by atoms with van der Waals surface area (Å²) in [5.41, 5.74) is -0.212. The molecule has 0 saturated heterocycles. The second-order valence-electron chi connectivity index (χ2n) is 3.45. The molecule has 0 atom stereocenters. The maximum atomic E-state index is 13.3. The Balaban J connectivity index is 2.72. The van der Waals surface area contributed by atoms with E-state index in [4.69, 9.17) is 0 Å². The Kier molecular flexibility index (Phi) is 1.84. The first-order valence-corrected chi connectivity index (χ1v) is 4.24. The Labute approximate surface area is 83.9 Å². The molecule has 0 fully saturated rings. The quantitative estimate of drug-likeness (QED) is 0.460. The minimum atomic E-state index is -4.28. The van der Waals surface area contributed by atoms with Crippen LogP contribution in [0.15, 0.2) is 18.2 Å². The summed E-state index contributed by atoms with van der Waals surface area (Å²) in [5.74, 6) is -5.15. The van der Waals surface area contributed by atoms with E-state index in [2.05, 4.69) is 5.92 Å². The molecule has 0 radical (unpaired) electrons. The number of fused-ring (bicyclic) bond motifs is 1. The highest BCUT2D eigenvalue weighted by atomic mass is 19.3. The smallest absolute Gasteiger partial charge is 0.193 e. The second kappa shape index (κ2) is 2.75. The van der Waals surface area contributed by atoms with Crippen molar-refractivity contribution in [3.05, 3.63) is 34.9 Å². The van der Waals surface area contributed by atoms with Crippen LogP contribution in [-0.4, -0.2) is 5.92 Å². The first kappa shape index (κ1) is 10.0. The summed E-state index contributed by atoms with van der Waals surface area (Å²) in [6, 6.07) is 3.95. The van der Waals surface area contributed by atoms with Crippen molar-refractivity contribution in [2.45, 2.75) is 18.8 Å². The fourth-order valence-electron chi connectivity index (χ4n) is 1.42. The minimum Gasteiger partial charge on any atom is -0.193 e. The summed E-state index contributed by atoms with van der Waals surface area (Å²) in [4.78, 5) is 0. The number of aryl methyl sites for hydroxylation is 1. The normalized spacial score (nSPS) is 20.1. The Hall–Kier alpha value is -1.50. The first-order chi connectivity index (χ1) is 6.84. The molecule has 0 saturated carbocycles. The molecule has 0 aliphatic heterocycles. The summed E-state index contributed by atoms with van der Waals surface area (Å²) >= 11 is 0. The van der Waals surface area contributed by atoms with Crippen molar-refractivity contribution in [3.8, 4) is 11.8 Å². The average molecular weight is 214 g/mol. The van der Waals surface area contributed by atoms with E-state index in [-0.39, 0.29) is 5.56 Å². The van der Waals surface area contributed by atoms with Crippen LogP contribution in [0.1, 0.15) is 16.7 Å². The molecule has 0 N–H and O–H groups in total. The topological polar surface area (TPSA) is 0 Å². The predicted octanol–water partition coefficient (Wildman–Crippen LogP) is 3.09. The fourth-order valence-corrected chi connectivity index (χ4v) is 1.42. The van der Waals surface area contributed by atoms with Crippen molar-refractivity contribution >= 4 is 0 Å². The zero-order chi connectivity index (χ0) is 11.3. The van der Waals surface area contributed by atoms with Gasteiger partial charge in [-0.25, -0.2) is 0 Å². The molecule has 78 valence electrons. The van der Waals surface area contributed by atoms with Crippen LogP contribution in [0.25, 0.3) is 0 Å². The van der Waals surface area contributed by atoms with E-state index < -0.39 is 17.4 Å². The van der Waals surface area contributed by atoms with Crippen molar-refractivity contribution in [2.24, 2.45) is 0 Å². The van der Waals surface area contributed by atoms with Crippen molar-refractivity contribution < 1.29 is 17.6 Å². The van der Waals surface area contributed by atoms with Gasteiger partial charge < -0.3 is 0 Å². The predicted molar refractivity (Wildman–Crippen MR) is 46.9 cm³/mol. The number of benzene rings is 1. The summed E-state index contributed by atoms with van der Waals surface area (Å²) in [5, 5.41) is 0. The summed E-state index contributed by atoms with van der Waals surface area (Å²) < 4.78 is 52.3. The molecule has 1 aromatic rings. The molecule has 0 bridgehead atoms. The van der Waals surface area contributed by atoms with Crippen LogP contribution in [0.2, 0.25) is 0 Å². The van der Waals surface area contributed by atoms with Gasteiger partial charge >= 0.3 is 11.8 Å². The second-order valence-corrected chi connectivity index (χ2v) is 3.45. The van der Waals surface area contributed by atoms with Crippen molar-refractivity contribution in [3.63, 3.8) is 0 Å². The Morgan fingerprint density at radius 1 is 1.13 bits per heavy atom. The van der Waals surface area contributed by atoms with E-state index in [0.29, 0.717) is 5.56 Å². The molecule has 4 heteroatoms. The van der Waals surface area contributed by atoms with Gasteiger partial charge in [-0.3, -0.25) is 0 Å². The molecule has 1 aliphatic carbocycles. The molecule has 2 rings (SSSR count). The fraction of sp³-hybridized carbons (Fsp3) is 0.273. The molecular formula is C11H6F4. The number of alkyl halides is 4. The van der Waals surface area contributed by atoms with Gasteiger partial charge in [-0.15, -0.1) is 0 Å². The van der Waals surface area contributed by atoms with Gasteiger partial charge in [-0.2, -0.15) is 17.6 Å². The van der Waals surface area contributed by atoms with Crippen LogP contribution in [0.5, 0.6) is 0 Å². The van der Waals surface area contributed by atoms with Gasteiger partial charge in [0, 0.05) is 11.1 Å². The van der Waals surface area contributed by atoms with E-state index >= 15 is 0 Å². The van der Waals surface area contributed by atoms with E-state index in [0.717, 1.165) is 6.07 Å². The van der Waals surface area contributed by atoms with Gasteiger partial charge in [-0.05, 0) is 25.0 Å². The highest BCUT2D eigenvalue weighted by molar-refractivity contribution is 5.51. The lowest BCUT2D eigenvalue weighted by Crippen LogP contribution is -2.39. The third-order valence-corrected chi connectivity index (χ3v) is 2.26. The number of hydrogen-bond acceptors (Lipinski definition) is 0. The molecule has 1 aliphatic rings. The van der Waals surface area contributed by atoms with Gasteiger partial charge in [-0.1, -0.05) is 17.6 Å². The molecule has 0 spiro atoms. The van der Waals surface area contributed by atoms with E-state index in [1.807, 2.05) is 0 Å². The van der Waals surface area contributed by atoms with Gasteiger partial charge in [0.1, 0.15) is 0 Å². The largest absolute Gasteiger partial charge is 0.375 e. The van der Waals surface area contributed by atoms with E-state index in [1.165, 1.54) is 12.0 Å². The Bertz CT molecular complexity index is 477. The highest BCUT2D eigenvalue weighted by Crippen LogP contribution is 2.45. The molecular weight excluding hydrogens is 208 g/mol. The van der Waals surface area contributed by atoms with Gasteiger partial charge in [0.25, 0.3) is 0 Å². The summed E-state index contributed by atoms with van der Waals surface area (Å²) in [6.07, 6.45) is 0. The van der Waals surface area contributed by atoms with E-state index in [1.54, 1.807) is 13.0 Å². The summed E-state index contributed by atoms with van der Waals surface area (Å²) in [7, 11) is 0. The molecule has 0 amide bonds. The molecule has 0 aromatic heterocycles. The Morgan fingerprint density at radius 2 is 1.80 bits per heavy atom. The maximum Gasteiger partial charge on any atom is 0.375 e. The van der Waals surface area contributed by atoms with Crippen LogP contribution in [0.3, 0.4) is 0 Å². The van der Waals surface area contributed by atoms with Gasteiger partial charge in [0.2, 0.25) is 0 Å². The van der Waals surface area contributed by atoms with Crippen LogP contribution >= 0.6 is 0 Å². The van der Waals surface area contributed by atoms with Crippen molar-refractivity contribution in [1.82, 2.24) is 0 Å². The monoisotopic (exact) mass is 214 g/mol. The molecule has 0 nitrogen and oxygen atoms in total. The molecule has 15 heavy (non-hydrogen) atoms. The standard InChI is InChI=1S/C11H6F4/c1-7-2-3-8-4-5-10(12,13)11(14,15)9(8)6-7/h2-3,6H,1H3. The Morgan fingerprint density at radius 3 is 2.47 bits per heavy atom. The van der Waals surface area contributed by atoms with Crippen LogP contribution in [0, 0.1) is 18.8 Å². The number of hydrogen-bond donors (Lipinski definition) is 0. The minimum absolute atomic E-state index is 0.0310. The molecule has 1 aromatic carbocycles. The van der Waals surface area contributed by atoms with Crippen LogP contribution in [-0.2, 0) is 5.92 Å². The van der Waals surface area contributed by atoms with Crippen molar-refractivity contribution in [2.75, 3.05) is 0 Å². The lowest BCUT2D eigenvalue weighted by Gasteiger charge is -2.26. The molecule has 0 heterocycles. The molecule has 0 unspecified atom stereocenters. The highest BCUT2D eigenvalue weighted by Gasteiger charge is 2.58.